The SMILES string of the molecule is C1=Cc2c(cccc2-c2ccc(-c3ccc(N(c4ccccc4)c4ccc(-c5ccc(N(c6ccc(-c7ccc(-c8cccc9ccccc89)s7)cc6)C6CCCCC6)cc5)cc4)cc3)s2)CC1. The van der Waals surface area contributed by atoms with E-state index in [2.05, 4.69) is 234 Å². The number of hydrogen-bond acceptors (Lipinski definition) is 4. The molecule has 0 aliphatic heterocycles. The standard InChI is InChI=1S/C64H52N2S2/c1-3-17-51(18-4-1)65(55-37-29-49(30-38-55)61-41-43-63(67-61)59-23-11-15-47-13-7-9-21-57(47)59)53-33-25-45(26-34-53)46-27-35-54(36-28-46)66(52-19-5-2-6-20-52)56-39-31-50(32-40-56)62-42-44-64(68-62)60-24-12-16-48-14-8-10-22-58(48)60/h1,3-4,8-12,14-18,21-44,52H,2,5-7,13,19-20H2. The second-order valence-corrected chi connectivity index (χ2v) is 20.4. The predicted octanol–water partition coefficient (Wildman–Crippen LogP) is 19.2. The number of hydrogen-bond donors (Lipinski definition) is 0. The van der Waals surface area contributed by atoms with E-state index in [1.807, 2.05) is 22.7 Å². The van der Waals surface area contributed by atoms with Gasteiger partial charge in [0.1, 0.15) is 0 Å². The molecule has 0 atom stereocenters. The fourth-order valence-electron chi connectivity index (χ4n) is 10.5. The molecule has 0 amide bonds. The molecular formula is C64H52N2S2. The van der Waals surface area contributed by atoms with Crippen molar-refractivity contribution in [3.63, 3.8) is 0 Å². The highest BCUT2D eigenvalue weighted by atomic mass is 32.1. The zero-order valence-corrected chi connectivity index (χ0v) is 39.7. The van der Waals surface area contributed by atoms with Gasteiger partial charge < -0.3 is 9.80 Å². The van der Waals surface area contributed by atoms with Crippen molar-refractivity contribution in [2.24, 2.45) is 0 Å². The number of thiophene rings is 2. The van der Waals surface area contributed by atoms with Crippen LogP contribution in [0.15, 0.2) is 218 Å². The first kappa shape index (κ1) is 42.1. The Morgan fingerprint density at radius 3 is 1.53 bits per heavy atom. The maximum absolute atomic E-state index is 2.61. The Morgan fingerprint density at radius 1 is 0.382 bits per heavy atom. The van der Waals surface area contributed by atoms with Crippen LogP contribution >= 0.6 is 22.7 Å². The first-order valence-corrected chi connectivity index (χ1v) is 25.9. The zero-order chi connectivity index (χ0) is 45.2. The van der Waals surface area contributed by atoms with E-state index in [9.17, 15) is 0 Å². The van der Waals surface area contributed by atoms with Crippen molar-refractivity contribution in [3.05, 3.63) is 230 Å². The number of aryl methyl sites for hydroxylation is 1. The fourth-order valence-corrected chi connectivity index (χ4v) is 12.6. The molecule has 2 aliphatic rings. The van der Waals surface area contributed by atoms with Gasteiger partial charge in [-0.3, -0.25) is 0 Å². The van der Waals surface area contributed by atoms with Gasteiger partial charge in [-0.05, 0) is 166 Å². The van der Waals surface area contributed by atoms with Gasteiger partial charge in [0, 0.05) is 54.0 Å². The molecule has 2 heterocycles. The van der Waals surface area contributed by atoms with Crippen LogP contribution in [0, 0.1) is 0 Å². The maximum Gasteiger partial charge on any atom is 0.0462 e. The smallest absolute Gasteiger partial charge is 0.0462 e. The van der Waals surface area contributed by atoms with Crippen LogP contribution in [0.2, 0.25) is 0 Å². The van der Waals surface area contributed by atoms with Gasteiger partial charge in [0.2, 0.25) is 0 Å². The highest BCUT2D eigenvalue weighted by molar-refractivity contribution is 7.19. The van der Waals surface area contributed by atoms with Gasteiger partial charge in [-0.25, -0.2) is 0 Å². The van der Waals surface area contributed by atoms with E-state index < -0.39 is 0 Å². The van der Waals surface area contributed by atoms with Crippen LogP contribution in [-0.4, -0.2) is 6.04 Å². The summed E-state index contributed by atoms with van der Waals surface area (Å²) in [6, 6.07) is 79.1. The highest BCUT2D eigenvalue weighted by Gasteiger charge is 2.24. The van der Waals surface area contributed by atoms with Crippen LogP contribution < -0.4 is 9.80 Å². The van der Waals surface area contributed by atoms with Gasteiger partial charge in [0.05, 0.1) is 0 Å². The number of fused-ring (bicyclic) bond motifs is 2. The van der Waals surface area contributed by atoms with Gasteiger partial charge in [0.25, 0.3) is 0 Å². The summed E-state index contributed by atoms with van der Waals surface area (Å²) in [5.74, 6) is 0. The van der Waals surface area contributed by atoms with Crippen LogP contribution in [-0.2, 0) is 6.42 Å². The molecule has 0 N–H and O–H groups in total. The summed E-state index contributed by atoms with van der Waals surface area (Å²) < 4.78 is 0. The third kappa shape index (κ3) is 8.40. The molecule has 12 rings (SSSR count). The summed E-state index contributed by atoms with van der Waals surface area (Å²) in [4.78, 5) is 10.2. The van der Waals surface area contributed by atoms with Gasteiger partial charge in [-0.2, -0.15) is 0 Å². The number of benzene rings is 8. The van der Waals surface area contributed by atoms with Crippen LogP contribution in [0.25, 0.3) is 69.7 Å². The second kappa shape index (κ2) is 18.8. The molecule has 1 fully saturated rings. The molecule has 0 spiro atoms. The third-order valence-electron chi connectivity index (χ3n) is 14.0. The predicted molar refractivity (Wildman–Crippen MR) is 294 cm³/mol. The Balaban J connectivity index is 0.784. The van der Waals surface area contributed by atoms with E-state index in [-0.39, 0.29) is 0 Å². The van der Waals surface area contributed by atoms with Crippen LogP contribution in [0.1, 0.15) is 49.7 Å². The van der Waals surface area contributed by atoms with Gasteiger partial charge >= 0.3 is 0 Å². The number of para-hydroxylation sites is 1. The second-order valence-electron chi connectivity index (χ2n) is 18.2. The lowest BCUT2D eigenvalue weighted by atomic mass is 9.93. The van der Waals surface area contributed by atoms with Gasteiger partial charge in [0.15, 0.2) is 0 Å². The average molecular weight is 913 g/mol. The van der Waals surface area contributed by atoms with E-state index in [1.54, 1.807) is 0 Å². The quantitative estimate of drug-likeness (QED) is 0.128. The molecule has 0 saturated heterocycles. The average Bonchev–Trinajstić information content (AvgIpc) is 4.12. The highest BCUT2D eigenvalue weighted by Crippen LogP contribution is 2.43. The maximum atomic E-state index is 2.61. The molecule has 4 heteroatoms. The lowest BCUT2D eigenvalue weighted by molar-refractivity contribution is 0.436. The summed E-state index contributed by atoms with van der Waals surface area (Å²) in [6.07, 6.45) is 13.2. The molecule has 0 radical (unpaired) electrons. The number of anilines is 5. The Morgan fingerprint density at radius 2 is 0.882 bits per heavy atom. The molecule has 2 aromatic heterocycles. The Hall–Kier alpha value is -7.24. The number of nitrogens with zero attached hydrogens (tertiary/aromatic N) is 2. The summed E-state index contributed by atoms with van der Waals surface area (Å²) in [5, 5.41) is 2.59. The van der Waals surface area contributed by atoms with Crippen molar-refractivity contribution in [2.75, 3.05) is 9.80 Å². The van der Waals surface area contributed by atoms with E-state index in [4.69, 9.17) is 0 Å². The fraction of sp³-hybridized carbons (Fsp3) is 0.125. The van der Waals surface area contributed by atoms with Crippen LogP contribution in [0.4, 0.5) is 28.4 Å². The summed E-state index contributed by atoms with van der Waals surface area (Å²) >= 11 is 3.75. The van der Waals surface area contributed by atoms with Crippen molar-refractivity contribution in [2.45, 2.75) is 51.0 Å². The molecule has 2 aliphatic carbocycles. The van der Waals surface area contributed by atoms with Crippen molar-refractivity contribution < 1.29 is 0 Å². The number of rotatable bonds is 11. The van der Waals surface area contributed by atoms with Crippen LogP contribution in [0.5, 0.6) is 0 Å². The normalized spacial score (nSPS) is 13.6. The topological polar surface area (TPSA) is 6.48 Å². The minimum absolute atomic E-state index is 0.484. The molecule has 68 heavy (non-hydrogen) atoms. The summed E-state index contributed by atoms with van der Waals surface area (Å²) in [7, 11) is 0. The van der Waals surface area contributed by atoms with E-state index >= 15 is 0 Å². The third-order valence-corrected chi connectivity index (χ3v) is 16.3. The molecule has 10 aromatic rings. The van der Waals surface area contributed by atoms with Crippen molar-refractivity contribution in [1.82, 2.24) is 0 Å². The van der Waals surface area contributed by atoms with Crippen molar-refractivity contribution >= 4 is 68.0 Å². The van der Waals surface area contributed by atoms with Gasteiger partial charge in [-0.1, -0.05) is 159 Å². The Labute approximate surface area is 408 Å². The molecule has 2 nitrogen and oxygen atoms in total. The van der Waals surface area contributed by atoms with Gasteiger partial charge in [-0.15, -0.1) is 22.7 Å². The lowest BCUT2D eigenvalue weighted by Gasteiger charge is -2.36. The first-order chi connectivity index (χ1) is 33.7. The van der Waals surface area contributed by atoms with E-state index in [0.29, 0.717) is 6.04 Å². The molecule has 0 bridgehead atoms. The molecule has 1 saturated carbocycles. The molecule has 8 aromatic carbocycles. The molecular weight excluding hydrogens is 861 g/mol. The Kier molecular flexibility index (Phi) is 11.7. The van der Waals surface area contributed by atoms with E-state index in [1.165, 1.54) is 118 Å². The van der Waals surface area contributed by atoms with Crippen molar-refractivity contribution in [1.29, 1.82) is 0 Å². The lowest BCUT2D eigenvalue weighted by Crippen LogP contribution is -2.32. The zero-order valence-electron chi connectivity index (χ0n) is 38.1. The van der Waals surface area contributed by atoms with Crippen LogP contribution in [0.3, 0.4) is 0 Å². The first-order valence-electron chi connectivity index (χ1n) is 24.2. The Bertz CT molecular complexity index is 3350. The summed E-state index contributed by atoms with van der Waals surface area (Å²) in [6.45, 7) is 0. The van der Waals surface area contributed by atoms with E-state index in [0.717, 1.165) is 29.9 Å². The minimum atomic E-state index is 0.484. The molecule has 330 valence electrons. The summed E-state index contributed by atoms with van der Waals surface area (Å²) in [5.41, 5.74) is 16.3. The monoisotopic (exact) mass is 912 g/mol. The largest absolute Gasteiger partial charge is 0.338 e. The minimum Gasteiger partial charge on any atom is -0.338 e. The van der Waals surface area contributed by atoms with Crippen molar-refractivity contribution in [3.8, 4) is 52.9 Å². The molecule has 0 unspecified atom stereocenters. The number of allylic oxidation sites excluding steroid dienone is 1.